The second-order valence-electron chi connectivity index (χ2n) is 7.21. The summed E-state index contributed by atoms with van der Waals surface area (Å²) in [6.07, 6.45) is 30.3. The molecule has 0 atom stereocenters. The standard InChI is InChI=1S/C24H41N/c1-3-4-5-6-7-8-9-10-11-12-13-14-15-16-18-21-24(2)25-22-19-17-20-23-25/h4-5,7-8,10-11H,2-3,6,9,12-23H2,1H3. The van der Waals surface area contributed by atoms with Crippen LogP contribution in [0.1, 0.15) is 90.4 Å². The number of likely N-dealkylation sites (tertiary alicyclic amines) is 1. The van der Waals surface area contributed by atoms with Gasteiger partial charge in [0.2, 0.25) is 0 Å². The highest BCUT2D eigenvalue weighted by Gasteiger charge is 2.10. The third-order valence-electron chi connectivity index (χ3n) is 4.92. The molecule has 1 aliphatic heterocycles. The molecule has 1 saturated heterocycles. The number of allylic oxidation sites excluding steroid dienone is 7. The lowest BCUT2D eigenvalue weighted by Gasteiger charge is -2.30. The summed E-state index contributed by atoms with van der Waals surface area (Å²) in [5.41, 5.74) is 1.39. The fourth-order valence-electron chi connectivity index (χ4n) is 3.32. The second kappa shape index (κ2) is 16.2. The van der Waals surface area contributed by atoms with E-state index in [1.54, 1.807) is 0 Å². The highest BCUT2D eigenvalue weighted by Crippen LogP contribution is 2.18. The van der Waals surface area contributed by atoms with Crippen LogP contribution in [0.3, 0.4) is 0 Å². The van der Waals surface area contributed by atoms with Crippen LogP contribution in [0.4, 0.5) is 0 Å². The van der Waals surface area contributed by atoms with Gasteiger partial charge in [0.15, 0.2) is 0 Å². The monoisotopic (exact) mass is 343 g/mol. The van der Waals surface area contributed by atoms with Crippen LogP contribution >= 0.6 is 0 Å². The topological polar surface area (TPSA) is 3.24 Å². The molecule has 1 aliphatic rings. The van der Waals surface area contributed by atoms with Crippen LogP contribution in [0.25, 0.3) is 0 Å². The third kappa shape index (κ3) is 12.7. The molecule has 25 heavy (non-hydrogen) atoms. The molecule has 0 bridgehead atoms. The number of nitrogens with zero attached hydrogens (tertiary/aromatic N) is 1. The van der Waals surface area contributed by atoms with E-state index in [2.05, 4.69) is 54.9 Å². The van der Waals surface area contributed by atoms with E-state index in [1.165, 1.54) is 83.0 Å². The van der Waals surface area contributed by atoms with Crippen LogP contribution in [0.5, 0.6) is 0 Å². The van der Waals surface area contributed by atoms with Crippen molar-refractivity contribution in [3.05, 3.63) is 48.7 Å². The van der Waals surface area contributed by atoms with E-state index < -0.39 is 0 Å². The Balaban J connectivity index is 1.86. The van der Waals surface area contributed by atoms with E-state index in [0.717, 1.165) is 19.3 Å². The largest absolute Gasteiger partial charge is 0.375 e. The maximum atomic E-state index is 4.29. The van der Waals surface area contributed by atoms with Crippen LogP contribution in [-0.2, 0) is 0 Å². The minimum atomic E-state index is 1.08. The molecule has 0 aromatic rings. The normalized spacial score (nSPS) is 15.8. The number of rotatable bonds is 14. The quantitative estimate of drug-likeness (QED) is 0.232. The summed E-state index contributed by atoms with van der Waals surface area (Å²) in [5.74, 6) is 0. The minimum absolute atomic E-state index is 1.08. The Hall–Kier alpha value is -1.24. The molecule has 142 valence electrons. The van der Waals surface area contributed by atoms with Crippen LogP contribution in [0.2, 0.25) is 0 Å². The van der Waals surface area contributed by atoms with E-state index >= 15 is 0 Å². The van der Waals surface area contributed by atoms with Crippen LogP contribution < -0.4 is 0 Å². The first kappa shape index (κ1) is 21.8. The molecule has 0 spiro atoms. The Morgan fingerprint density at radius 3 is 2.08 bits per heavy atom. The molecule has 1 heterocycles. The lowest BCUT2D eigenvalue weighted by atomic mass is 10.1. The highest BCUT2D eigenvalue weighted by molar-refractivity contribution is 4.97. The lowest BCUT2D eigenvalue weighted by molar-refractivity contribution is 0.276. The average molecular weight is 344 g/mol. The van der Waals surface area contributed by atoms with E-state index in [4.69, 9.17) is 0 Å². The summed E-state index contributed by atoms with van der Waals surface area (Å²) in [6, 6.07) is 0. The first-order valence-electron chi connectivity index (χ1n) is 10.7. The first-order chi connectivity index (χ1) is 12.3. The van der Waals surface area contributed by atoms with Crippen molar-refractivity contribution in [3.8, 4) is 0 Å². The van der Waals surface area contributed by atoms with E-state index in [9.17, 15) is 0 Å². The van der Waals surface area contributed by atoms with Gasteiger partial charge in [0.1, 0.15) is 0 Å². The van der Waals surface area contributed by atoms with Crippen molar-refractivity contribution in [2.24, 2.45) is 0 Å². The Morgan fingerprint density at radius 2 is 1.36 bits per heavy atom. The lowest BCUT2D eigenvalue weighted by Crippen LogP contribution is -2.28. The van der Waals surface area contributed by atoms with Gasteiger partial charge in [-0.3, -0.25) is 0 Å². The van der Waals surface area contributed by atoms with Crippen LogP contribution in [-0.4, -0.2) is 18.0 Å². The van der Waals surface area contributed by atoms with Crippen molar-refractivity contribution in [3.63, 3.8) is 0 Å². The molecule has 0 amide bonds. The summed E-state index contributed by atoms with van der Waals surface area (Å²) in [7, 11) is 0. The molecule has 0 aromatic carbocycles. The van der Waals surface area contributed by atoms with E-state index in [-0.39, 0.29) is 0 Å². The number of piperidine rings is 1. The summed E-state index contributed by atoms with van der Waals surface area (Å²) >= 11 is 0. The van der Waals surface area contributed by atoms with Crippen molar-refractivity contribution in [2.75, 3.05) is 13.1 Å². The van der Waals surface area contributed by atoms with Gasteiger partial charge in [0, 0.05) is 18.8 Å². The molecule has 0 saturated carbocycles. The maximum Gasteiger partial charge on any atom is 0.0174 e. The van der Waals surface area contributed by atoms with Gasteiger partial charge in [-0.1, -0.05) is 69.2 Å². The number of unbranched alkanes of at least 4 members (excludes halogenated alkanes) is 5. The van der Waals surface area contributed by atoms with Crippen molar-refractivity contribution >= 4 is 0 Å². The molecule has 0 aromatic heterocycles. The zero-order valence-corrected chi connectivity index (χ0v) is 16.7. The molecule has 1 rings (SSSR count). The number of hydrogen-bond acceptors (Lipinski definition) is 1. The van der Waals surface area contributed by atoms with Gasteiger partial charge in [0.05, 0.1) is 0 Å². The van der Waals surface area contributed by atoms with Gasteiger partial charge in [0.25, 0.3) is 0 Å². The van der Waals surface area contributed by atoms with Crippen molar-refractivity contribution in [2.45, 2.75) is 90.4 Å². The smallest absolute Gasteiger partial charge is 0.0174 e. The molecule has 0 N–H and O–H groups in total. The second-order valence-corrected chi connectivity index (χ2v) is 7.21. The molecular weight excluding hydrogens is 302 g/mol. The molecular formula is C24H41N. The predicted molar refractivity (Wildman–Crippen MR) is 114 cm³/mol. The van der Waals surface area contributed by atoms with Crippen molar-refractivity contribution in [1.29, 1.82) is 0 Å². The maximum absolute atomic E-state index is 4.29. The van der Waals surface area contributed by atoms with Gasteiger partial charge in [-0.15, -0.1) is 0 Å². The zero-order chi connectivity index (χ0) is 18.0. The van der Waals surface area contributed by atoms with Gasteiger partial charge < -0.3 is 4.90 Å². The fourth-order valence-corrected chi connectivity index (χ4v) is 3.32. The average Bonchev–Trinajstić information content (AvgIpc) is 2.65. The summed E-state index contributed by atoms with van der Waals surface area (Å²) in [6.45, 7) is 8.96. The summed E-state index contributed by atoms with van der Waals surface area (Å²) in [5, 5.41) is 0. The number of hydrogen-bond donors (Lipinski definition) is 0. The van der Waals surface area contributed by atoms with Gasteiger partial charge >= 0.3 is 0 Å². The predicted octanol–water partition coefficient (Wildman–Crippen LogP) is 7.58. The van der Waals surface area contributed by atoms with Crippen molar-refractivity contribution in [1.82, 2.24) is 4.90 Å². The molecule has 0 aliphatic carbocycles. The Bertz CT molecular complexity index is 396. The zero-order valence-electron chi connectivity index (χ0n) is 16.7. The SMILES string of the molecule is C=C(CCCCCCCC=CCC=CCC=CCC)N1CCCCC1. The van der Waals surface area contributed by atoms with Crippen molar-refractivity contribution < 1.29 is 0 Å². The van der Waals surface area contributed by atoms with E-state index in [1.807, 2.05) is 0 Å². The molecule has 1 nitrogen and oxygen atoms in total. The highest BCUT2D eigenvalue weighted by atomic mass is 15.1. The summed E-state index contributed by atoms with van der Waals surface area (Å²) in [4.78, 5) is 2.52. The summed E-state index contributed by atoms with van der Waals surface area (Å²) < 4.78 is 0. The minimum Gasteiger partial charge on any atom is -0.375 e. The third-order valence-corrected chi connectivity index (χ3v) is 4.92. The molecule has 1 heteroatoms. The fraction of sp³-hybridized carbons (Fsp3) is 0.667. The molecule has 0 radical (unpaired) electrons. The van der Waals surface area contributed by atoms with E-state index in [0.29, 0.717) is 0 Å². The van der Waals surface area contributed by atoms with Gasteiger partial charge in [-0.2, -0.15) is 0 Å². The van der Waals surface area contributed by atoms with Gasteiger partial charge in [-0.05, 0) is 64.2 Å². The van der Waals surface area contributed by atoms with Gasteiger partial charge in [-0.25, -0.2) is 0 Å². The Kier molecular flexibility index (Phi) is 14.2. The molecule has 0 unspecified atom stereocenters. The Labute approximate surface area is 157 Å². The first-order valence-corrected chi connectivity index (χ1v) is 10.7. The Morgan fingerprint density at radius 1 is 0.760 bits per heavy atom. The van der Waals surface area contributed by atoms with Crippen LogP contribution in [0.15, 0.2) is 48.7 Å². The molecule has 1 fully saturated rings. The van der Waals surface area contributed by atoms with Crippen LogP contribution in [0, 0.1) is 0 Å².